The summed E-state index contributed by atoms with van der Waals surface area (Å²) in [4.78, 5) is 31.8. The molecule has 0 radical (unpaired) electrons. The summed E-state index contributed by atoms with van der Waals surface area (Å²) >= 11 is 14.1. The zero-order chi connectivity index (χ0) is 30.5. The Bertz CT molecular complexity index is 1870. The van der Waals surface area contributed by atoms with Crippen molar-refractivity contribution in [3.8, 4) is 17.2 Å². The molecule has 1 aromatic heterocycles. The van der Waals surface area contributed by atoms with Gasteiger partial charge in [0.1, 0.15) is 12.4 Å². The number of rotatable bonds is 10. The van der Waals surface area contributed by atoms with E-state index in [2.05, 4.69) is 4.99 Å². The quantitative estimate of drug-likeness (QED) is 0.207. The number of aromatic nitrogens is 1. The van der Waals surface area contributed by atoms with Crippen LogP contribution in [0.3, 0.4) is 0 Å². The van der Waals surface area contributed by atoms with Crippen molar-refractivity contribution in [2.75, 3.05) is 20.3 Å². The molecule has 222 valence electrons. The maximum atomic E-state index is 14.0. The molecule has 1 atom stereocenters. The minimum atomic E-state index is -0.822. The van der Waals surface area contributed by atoms with Gasteiger partial charge in [-0.3, -0.25) is 9.36 Å². The molecule has 0 saturated carbocycles. The molecule has 1 aliphatic heterocycles. The average molecular weight is 640 g/mol. The van der Waals surface area contributed by atoms with Crippen LogP contribution < -0.4 is 29.1 Å². The van der Waals surface area contributed by atoms with Gasteiger partial charge in [-0.15, -0.1) is 0 Å². The molecule has 0 bridgehead atoms. The molecule has 2 heterocycles. The van der Waals surface area contributed by atoms with Crippen LogP contribution in [0.4, 0.5) is 0 Å². The van der Waals surface area contributed by atoms with Crippen LogP contribution in [0, 0.1) is 0 Å². The molecule has 5 rings (SSSR count). The largest absolute Gasteiger partial charge is 0.490 e. The second kappa shape index (κ2) is 13.5. The molecular formula is C32H28Cl2N2O6S. The van der Waals surface area contributed by atoms with Gasteiger partial charge in [-0.1, -0.05) is 70.9 Å². The second-order valence-electron chi connectivity index (χ2n) is 9.33. The van der Waals surface area contributed by atoms with Crippen molar-refractivity contribution in [3.63, 3.8) is 0 Å². The Morgan fingerprint density at radius 3 is 2.47 bits per heavy atom. The number of benzene rings is 3. The van der Waals surface area contributed by atoms with E-state index in [0.717, 1.165) is 5.56 Å². The van der Waals surface area contributed by atoms with E-state index in [9.17, 15) is 9.59 Å². The van der Waals surface area contributed by atoms with E-state index in [0.29, 0.717) is 61.0 Å². The minimum absolute atomic E-state index is 0.200. The number of nitrogens with zero attached hydrogens (tertiary/aromatic N) is 2. The van der Waals surface area contributed by atoms with Crippen molar-refractivity contribution in [1.29, 1.82) is 0 Å². The zero-order valence-corrected chi connectivity index (χ0v) is 26.0. The molecule has 43 heavy (non-hydrogen) atoms. The molecule has 0 saturated heterocycles. The maximum Gasteiger partial charge on any atom is 0.337 e. The van der Waals surface area contributed by atoms with Crippen LogP contribution in [-0.4, -0.2) is 30.9 Å². The first-order chi connectivity index (χ1) is 20.8. The monoisotopic (exact) mass is 638 g/mol. The van der Waals surface area contributed by atoms with Gasteiger partial charge in [0.15, 0.2) is 16.3 Å². The van der Waals surface area contributed by atoms with E-state index in [1.165, 1.54) is 29.2 Å². The van der Waals surface area contributed by atoms with E-state index in [1.807, 2.05) is 44.2 Å². The number of halogens is 2. The molecule has 4 aromatic rings. The summed E-state index contributed by atoms with van der Waals surface area (Å²) in [6, 6.07) is 17.4. The van der Waals surface area contributed by atoms with Crippen molar-refractivity contribution in [2.24, 2.45) is 4.99 Å². The van der Waals surface area contributed by atoms with Crippen molar-refractivity contribution in [1.82, 2.24) is 4.57 Å². The number of ether oxygens (including phenoxy) is 4. The molecule has 11 heteroatoms. The Morgan fingerprint density at radius 1 is 1.00 bits per heavy atom. The van der Waals surface area contributed by atoms with Crippen LogP contribution in [0.2, 0.25) is 10.0 Å². The predicted octanol–water partition coefficient (Wildman–Crippen LogP) is 5.70. The van der Waals surface area contributed by atoms with E-state index in [-0.39, 0.29) is 17.7 Å². The fourth-order valence-corrected chi connectivity index (χ4v) is 6.22. The van der Waals surface area contributed by atoms with E-state index < -0.39 is 12.0 Å². The molecule has 8 nitrogen and oxygen atoms in total. The number of esters is 1. The summed E-state index contributed by atoms with van der Waals surface area (Å²) in [5, 5.41) is 0.700. The molecule has 0 fully saturated rings. The Morgan fingerprint density at radius 2 is 1.74 bits per heavy atom. The highest BCUT2D eigenvalue weighted by molar-refractivity contribution is 7.07. The number of hydrogen-bond donors (Lipinski definition) is 0. The number of methoxy groups -OCH3 is 1. The number of thiazole rings is 1. The molecule has 0 N–H and O–H groups in total. The summed E-state index contributed by atoms with van der Waals surface area (Å²) in [6.45, 7) is 4.87. The average Bonchev–Trinajstić information content (AvgIpc) is 3.32. The first-order valence-corrected chi connectivity index (χ1v) is 15.1. The first-order valence-electron chi connectivity index (χ1n) is 13.5. The lowest BCUT2D eigenvalue weighted by Crippen LogP contribution is -2.39. The molecule has 0 unspecified atom stereocenters. The fraction of sp³-hybridized carbons (Fsp3) is 0.219. The highest BCUT2D eigenvalue weighted by Gasteiger charge is 2.31. The smallest absolute Gasteiger partial charge is 0.337 e. The Kier molecular flexibility index (Phi) is 9.55. The molecule has 0 amide bonds. The predicted molar refractivity (Wildman–Crippen MR) is 167 cm³/mol. The van der Waals surface area contributed by atoms with Crippen molar-refractivity contribution >= 4 is 46.6 Å². The van der Waals surface area contributed by atoms with Gasteiger partial charge in [0.05, 0.1) is 41.5 Å². The summed E-state index contributed by atoms with van der Waals surface area (Å²) in [7, 11) is 1.29. The van der Waals surface area contributed by atoms with Gasteiger partial charge in [-0.05, 0) is 55.3 Å². The molecule has 0 spiro atoms. The third-order valence-corrected chi connectivity index (χ3v) is 8.05. The van der Waals surface area contributed by atoms with Gasteiger partial charge in [0.25, 0.3) is 5.56 Å². The molecule has 3 aromatic carbocycles. The first kappa shape index (κ1) is 30.4. The van der Waals surface area contributed by atoms with Crippen molar-refractivity contribution in [3.05, 3.63) is 119 Å². The number of carbonyl (C=O) groups is 1. The van der Waals surface area contributed by atoms with Crippen molar-refractivity contribution in [2.45, 2.75) is 26.5 Å². The van der Waals surface area contributed by atoms with Gasteiger partial charge in [0.2, 0.25) is 0 Å². The Hall–Kier alpha value is -4.05. The molecule has 0 aliphatic carbocycles. The zero-order valence-electron chi connectivity index (χ0n) is 23.6. The van der Waals surface area contributed by atoms with Gasteiger partial charge >= 0.3 is 5.97 Å². The highest BCUT2D eigenvalue weighted by Crippen LogP contribution is 2.36. The minimum Gasteiger partial charge on any atom is -0.490 e. The fourth-order valence-electron chi connectivity index (χ4n) is 4.70. The lowest BCUT2D eigenvalue weighted by molar-refractivity contribution is -0.136. The lowest BCUT2D eigenvalue weighted by atomic mass is 9.97. The number of fused-ring (bicyclic) bond motifs is 1. The van der Waals surface area contributed by atoms with Crippen molar-refractivity contribution < 1.29 is 23.7 Å². The third kappa shape index (κ3) is 6.49. The maximum absolute atomic E-state index is 14.0. The van der Waals surface area contributed by atoms with Crippen LogP contribution in [0.5, 0.6) is 17.2 Å². The molecule has 1 aliphatic rings. The van der Waals surface area contributed by atoms with Crippen LogP contribution >= 0.6 is 34.5 Å². The van der Waals surface area contributed by atoms with Gasteiger partial charge in [-0.2, -0.15) is 0 Å². The van der Waals surface area contributed by atoms with Gasteiger partial charge in [-0.25, -0.2) is 9.79 Å². The summed E-state index contributed by atoms with van der Waals surface area (Å²) in [5.41, 5.74) is 1.95. The van der Waals surface area contributed by atoms with Gasteiger partial charge in [0, 0.05) is 16.8 Å². The van der Waals surface area contributed by atoms with Crippen LogP contribution in [-0.2, 0) is 16.1 Å². The highest BCUT2D eigenvalue weighted by atomic mass is 35.5. The summed E-state index contributed by atoms with van der Waals surface area (Å²) in [6.07, 6.45) is 3.11. The molecular weight excluding hydrogens is 611 g/mol. The Labute approximate surface area is 262 Å². The second-order valence-corrected chi connectivity index (χ2v) is 11.2. The Balaban J connectivity index is 1.64. The summed E-state index contributed by atoms with van der Waals surface area (Å²) < 4.78 is 24.5. The van der Waals surface area contributed by atoms with E-state index in [4.69, 9.17) is 42.1 Å². The van der Waals surface area contributed by atoms with E-state index in [1.54, 1.807) is 36.4 Å². The SMILES string of the molecule is CCOc1ccc([C@@H]2C(C(=O)OC)=CN=c3s/c(=C/c4cc(Cl)cc(Cl)c4OCc4ccccc4)c(=O)n32)cc1OCC. The third-order valence-electron chi connectivity index (χ3n) is 6.56. The van der Waals surface area contributed by atoms with Gasteiger partial charge < -0.3 is 18.9 Å². The van der Waals surface area contributed by atoms with E-state index >= 15 is 0 Å². The topological polar surface area (TPSA) is 88.4 Å². The summed E-state index contributed by atoms with van der Waals surface area (Å²) in [5.74, 6) is 0.845. The number of hydrogen-bond acceptors (Lipinski definition) is 8. The van der Waals surface area contributed by atoms with Crippen LogP contribution in [0.1, 0.15) is 36.6 Å². The van der Waals surface area contributed by atoms with Crippen LogP contribution in [0.15, 0.2) is 82.2 Å². The standard InChI is InChI=1S/C32H28Cl2N2O6S/c1-4-40-25-12-11-20(14-26(25)41-5-2)28-23(31(38)39-3)17-35-32-36(28)30(37)27(43-32)15-21-13-22(33)16-24(34)29(21)42-18-19-9-7-6-8-10-19/h6-17,28H,4-5,18H2,1-3H3/b27-15+/t28-/m1/s1. The van der Waals surface area contributed by atoms with Crippen LogP contribution in [0.25, 0.3) is 6.08 Å². The normalized spacial score (nSPS) is 14.4. The lowest BCUT2D eigenvalue weighted by Gasteiger charge is -2.23. The number of carbonyl (C=O) groups excluding carboxylic acids is 1.